The SMILES string of the molecule is O=Cc1c[nH]c2cccc(-c3cc(Cl)ccc3Cl)c12. The third-order valence-corrected chi connectivity index (χ3v) is 3.65. The lowest BCUT2D eigenvalue weighted by atomic mass is 9.99. The van der Waals surface area contributed by atoms with Gasteiger partial charge in [-0.25, -0.2) is 0 Å². The second-order valence-corrected chi connectivity index (χ2v) is 5.06. The summed E-state index contributed by atoms with van der Waals surface area (Å²) in [7, 11) is 0. The minimum Gasteiger partial charge on any atom is -0.360 e. The number of aldehydes is 1. The number of benzene rings is 2. The molecular weight excluding hydrogens is 281 g/mol. The van der Waals surface area contributed by atoms with E-state index >= 15 is 0 Å². The minimum atomic E-state index is 0.606. The second-order valence-electron chi connectivity index (χ2n) is 4.21. The standard InChI is InChI=1S/C15H9Cl2NO/c16-10-4-5-13(17)12(6-10)11-2-1-3-14-15(11)9(8-19)7-18-14/h1-8,18H. The van der Waals surface area contributed by atoms with Crippen molar-refractivity contribution in [2.24, 2.45) is 0 Å². The lowest BCUT2D eigenvalue weighted by molar-refractivity contribution is 0.112. The Morgan fingerprint density at radius 3 is 2.68 bits per heavy atom. The van der Waals surface area contributed by atoms with Gasteiger partial charge in [-0.15, -0.1) is 0 Å². The average molecular weight is 290 g/mol. The number of carbonyl (C=O) groups is 1. The third kappa shape index (κ3) is 2.03. The van der Waals surface area contributed by atoms with Crippen molar-refractivity contribution in [1.82, 2.24) is 4.98 Å². The van der Waals surface area contributed by atoms with Crippen LogP contribution in [0.4, 0.5) is 0 Å². The van der Waals surface area contributed by atoms with Crippen LogP contribution in [0.15, 0.2) is 42.6 Å². The smallest absolute Gasteiger partial charge is 0.152 e. The van der Waals surface area contributed by atoms with E-state index in [0.29, 0.717) is 15.6 Å². The summed E-state index contributed by atoms with van der Waals surface area (Å²) in [6.45, 7) is 0. The maximum absolute atomic E-state index is 11.1. The number of rotatable bonds is 2. The number of hydrogen-bond donors (Lipinski definition) is 1. The lowest BCUT2D eigenvalue weighted by Gasteiger charge is -2.07. The van der Waals surface area contributed by atoms with E-state index in [1.165, 1.54) is 0 Å². The van der Waals surface area contributed by atoms with E-state index in [0.717, 1.165) is 28.3 Å². The van der Waals surface area contributed by atoms with Gasteiger partial charge in [0.1, 0.15) is 0 Å². The number of fused-ring (bicyclic) bond motifs is 1. The Morgan fingerprint density at radius 1 is 1.05 bits per heavy atom. The van der Waals surface area contributed by atoms with Crippen LogP contribution in [0.2, 0.25) is 10.0 Å². The molecule has 0 fully saturated rings. The molecular formula is C15H9Cl2NO. The summed E-state index contributed by atoms with van der Waals surface area (Å²) in [6, 6.07) is 11.1. The molecule has 0 aliphatic rings. The fraction of sp³-hybridized carbons (Fsp3) is 0. The van der Waals surface area contributed by atoms with E-state index in [-0.39, 0.29) is 0 Å². The molecule has 1 N–H and O–H groups in total. The summed E-state index contributed by atoms with van der Waals surface area (Å²) >= 11 is 12.3. The molecule has 4 heteroatoms. The predicted molar refractivity (Wildman–Crippen MR) is 79.1 cm³/mol. The first-order valence-corrected chi connectivity index (χ1v) is 6.47. The van der Waals surface area contributed by atoms with Gasteiger partial charge in [-0.05, 0) is 29.8 Å². The molecule has 2 aromatic carbocycles. The van der Waals surface area contributed by atoms with Crippen LogP contribution >= 0.6 is 23.2 Å². The van der Waals surface area contributed by atoms with Crippen molar-refractivity contribution >= 4 is 40.4 Å². The first-order valence-electron chi connectivity index (χ1n) is 5.71. The molecule has 0 spiro atoms. The van der Waals surface area contributed by atoms with Crippen molar-refractivity contribution in [2.75, 3.05) is 0 Å². The molecule has 3 aromatic rings. The highest BCUT2D eigenvalue weighted by Crippen LogP contribution is 2.36. The zero-order valence-corrected chi connectivity index (χ0v) is 11.3. The number of carbonyl (C=O) groups excluding carboxylic acids is 1. The molecule has 19 heavy (non-hydrogen) atoms. The number of H-pyrrole nitrogens is 1. The number of nitrogens with one attached hydrogen (secondary N) is 1. The second kappa shape index (κ2) is 4.72. The van der Waals surface area contributed by atoms with Crippen molar-refractivity contribution in [2.45, 2.75) is 0 Å². The molecule has 0 aliphatic heterocycles. The first-order chi connectivity index (χ1) is 9.20. The van der Waals surface area contributed by atoms with Gasteiger partial charge in [-0.1, -0.05) is 35.3 Å². The van der Waals surface area contributed by atoms with Crippen LogP contribution in [-0.2, 0) is 0 Å². The van der Waals surface area contributed by atoms with Gasteiger partial charge in [-0.3, -0.25) is 4.79 Å². The van der Waals surface area contributed by atoms with Crippen molar-refractivity contribution in [1.29, 1.82) is 0 Å². The molecule has 0 amide bonds. The normalized spacial score (nSPS) is 10.8. The highest BCUT2D eigenvalue weighted by molar-refractivity contribution is 6.35. The van der Waals surface area contributed by atoms with Crippen LogP contribution in [0.3, 0.4) is 0 Å². The molecule has 0 radical (unpaired) electrons. The van der Waals surface area contributed by atoms with Gasteiger partial charge in [-0.2, -0.15) is 0 Å². The topological polar surface area (TPSA) is 32.9 Å². The van der Waals surface area contributed by atoms with Crippen LogP contribution in [-0.4, -0.2) is 11.3 Å². The van der Waals surface area contributed by atoms with Crippen LogP contribution in [0, 0.1) is 0 Å². The number of aromatic amines is 1. The van der Waals surface area contributed by atoms with E-state index in [2.05, 4.69) is 4.98 Å². The molecule has 2 nitrogen and oxygen atoms in total. The van der Waals surface area contributed by atoms with E-state index in [1.807, 2.05) is 18.2 Å². The van der Waals surface area contributed by atoms with Crippen molar-refractivity contribution in [3.8, 4) is 11.1 Å². The molecule has 3 rings (SSSR count). The lowest BCUT2D eigenvalue weighted by Crippen LogP contribution is -1.84. The monoisotopic (exact) mass is 289 g/mol. The Bertz CT molecular complexity index is 777. The Hall–Kier alpha value is -1.77. The molecule has 0 saturated carbocycles. The van der Waals surface area contributed by atoms with Crippen molar-refractivity contribution in [3.05, 3.63) is 58.2 Å². The van der Waals surface area contributed by atoms with Gasteiger partial charge >= 0.3 is 0 Å². The Morgan fingerprint density at radius 2 is 1.89 bits per heavy atom. The zero-order valence-electron chi connectivity index (χ0n) is 9.78. The maximum atomic E-state index is 11.1. The highest BCUT2D eigenvalue weighted by atomic mass is 35.5. The van der Waals surface area contributed by atoms with E-state index in [9.17, 15) is 4.79 Å². The largest absolute Gasteiger partial charge is 0.360 e. The molecule has 0 atom stereocenters. The summed E-state index contributed by atoms with van der Waals surface area (Å²) in [5.74, 6) is 0. The Kier molecular flexibility index (Phi) is 3.05. The molecule has 0 aliphatic carbocycles. The Balaban J connectivity index is 2.39. The molecule has 94 valence electrons. The third-order valence-electron chi connectivity index (χ3n) is 3.08. The van der Waals surface area contributed by atoms with E-state index < -0.39 is 0 Å². The van der Waals surface area contributed by atoms with Gasteiger partial charge in [0.2, 0.25) is 0 Å². The van der Waals surface area contributed by atoms with Crippen molar-refractivity contribution < 1.29 is 4.79 Å². The minimum absolute atomic E-state index is 0.606. The average Bonchev–Trinajstić information content (AvgIpc) is 2.84. The summed E-state index contributed by atoms with van der Waals surface area (Å²) < 4.78 is 0. The van der Waals surface area contributed by atoms with Gasteiger partial charge < -0.3 is 4.98 Å². The zero-order chi connectivity index (χ0) is 13.4. The molecule has 1 aromatic heterocycles. The van der Waals surface area contributed by atoms with Crippen LogP contribution in [0.5, 0.6) is 0 Å². The van der Waals surface area contributed by atoms with Crippen molar-refractivity contribution in [3.63, 3.8) is 0 Å². The van der Waals surface area contributed by atoms with E-state index in [1.54, 1.807) is 24.4 Å². The molecule has 0 saturated heterocycles. The quantitative estimate of drug-likeness (QED) is 0.665. The first kappa shape index (κ1) is 12.3. The van der Waals surface area contributed by atoms with Crippen LogP contribution in [0.25, 0.3) is 22.0 Å². The van der Waals surface area contributed by atoms with Gasteiger partial charge in [0.05, 0.1) is 0 Å². The Labute approximate surface area is 120 Å². The van der Waals surface area contributed by atoms with E-state index in [4.69, 9.17) is 23.2 Å². The number of halogens is 2. The fourth-order valence-corrected chi connectivity index (χ4v) is 2.62. The summed E-state index contributed by atoms with van der Waals surface area (Å²) in [5, 5.41) is 2.08. The van der Waals surface area contributed by atoms with Gasteiger partial charge in [0, 0.05) is 38.3 Å². The highest BCUT2D eigenvalue weighted by Gasteiger charge is 2.12. The molecule has 0 bridgehead atoms. The predicted octanol–water partition coefficient (Wildman–Crippen LogP) is 4.95. The van der Waals surface area contributed by atoms with Gasteiger partial charge in [0.25, 0.3) is 0 Å². The number of aromatic nitrogens is 1. The fourth-order valence-electron chi connectivity index (χ4n) is 2.23. The van der Waals surface area contributed by atoms with Gasteiger partial charge in [0.15, 0.2) is 6.29 Å². The molecule has 1 heterocycles. The van der Waals surface area contributed by atoms with Crippen LogP contribution in [0.1, 0.15) is 10.4 Å². The molecule has 0 unspecified atom stereocenters. The summed E-state index contributed by atoms with van der Waals surface area (Å²) in [5.41, 5.74) is 3.23. The number of hydrogen-bond acceptors (Lipinski definition) is 1. The van der Waals surface area contributed by atoms with Crippen LogP contribution < -0.4 is 0 Å². The maximum Gasteiger partial charge on any atom is 0.152 e. The summed E-state index contributed by atoms with van der Waals surface area (Å²) in [4.78, 5) is 14.2. The summed E-state index contributed by atoms with van der Waals surface area (Å²) in [6.07, 6.45) is 2.53.